The molecule has 0 amide bonds. The van der Waals surface area contributed by atoms with Crippen molar-refractivity contribution in [3.05, 3.63) is 60.6 Å². The monoisotopic (exact) mass is 442 g/mol. The van der Waals surface area contributed by atoms with Crippen LogP contribution in [-0.4, -0.2) is 37.9 Å². The number of thioether (sulfide) groups is 1. The molecule has 0 radical (unpaired) electrons. The van der Waals surface area contributed by atoms with Gasteiger partial charge in [0.2, 0.25) is 0 Å². The second kappa shape index (κ2) is 7.90. The fourth-order valence-corrected chi connectivity index (χ4v) is 6.04. The number of nitrogens with two attached hydrogens (primary N) is 1. The van der Waals surface area contributed by atoms with E-state index in [-0.39, 0.29) is 0 Å². The highest BCUT2D eigenvalue weighted by molar-refractivity contribution is 7.98. The first-order valence-electron chi connectivity index (χ1n) is 11.2. The first-order valence-corrected chi connectivity index (χ1v) is 12.4. The SMILES string of the molecule is CSc1c(C2CC3CCC(C2)N3)nc2c(-c3ccc(-c4ccccc4)nc3)cnn2c1N. The Balaban J connectivity index is 1.43. The van der Waals surface area contributed by atoms with Crippen LogP contribution in [-0.2, 0) is 0 Å². The summed E-state index contributed by atoms with van der Waals surface area (Å²) in [6, 6.07) is 15.6. The topological polar surface area (TPSA) is 81.1 Å². The maximum absolute atomic E-state index is 6.62. The van der Waals surface area contributed by atoms with Crippen LogP contribution in [0, 0.1) is 0 Å². The van der Waals surface area contributed by atoms with Gasteiger partial charge in [-0.25, -0.2) is 4.98 Å². The number of hydrogen-bond acceptors (Lipinski definition) is 6. The van der Waals surface area contributed by atoms with E-state index in [0.29, 0.717) is 23.8 Å². The minimum absolute atomic E-state index is 0.435. The maximum Gasteiger partial charge on any atom is 0.165 e. The fourth-order valence-electron chi connectivity index (χ4n) is 5.32. The van der Waals surface area contributed by atoms with E-state index in [0.717, 1.165) is 51.5 Å². The van der Waals surface area contributed by atoms with E-state index in [1.807, 2.05) is 30.6 Å². The molecule has 2 atom stereocenters. The minimum Gasteiger partial charge on any atom is -0.383 e. The molecule has 6 rings (SSSR count). The number of nitrogen functional groups attached to an aromatic ring is 1. The lowest BCUT2D eigenvalue weighted by Crippen LogP contribution is -2.37. The van der Waals surface area contributed by atoms with Crippen molar-refractivity contribution < 1.29 is 0 Å². The second-order valence-corrected chi connectivity index (χ2v) is 9.63. The molecular formula is C25H26N6S. The molecule has 162 valence electrons. The second-order valence-electron chi connectivity index (χ2n) is 8.81. The molecule has 5 heterocycles. The Bertz CT molecular complexity index is 1260. The van der Waals surface area contributed by atoms with E-state index >= 15 is 0 Å². The summed E-state index contributed by atoms with van der Waals surface area (Å²) in [6.07, 6.45) is 10.6. The number of fused-ring (bicyclic) bond motifs is 3. The highest BCUT2D eigenvalue weighted by Gasteiger charge is 2.36. The molecular weight excluding hydrogens is 416 g/mol. The zero-order chi connectivity index (χ0) is 21.7. The molecule has 7 heteroatoms. The smallest absolute Gasteiger partial charge is 0.165 e. The van der Waals surface area contributed by atoms with Gasteiger partial charge in [0.25, 0.3) is 0 Å². The van der Waals surface area contributed by atoms with Gasteiger partial charge in [0.05, 0.1) is 22.5 Å². The summed E-state index contributed by atoms with van der Waals surface area (Å²) < 4.78 is 1.78. The van der Waals surface area contributed by atoms with Gasteiger partial charge in [-0.05, 0) is 38.0 Å². The molecule has 6 nitrogen and oxygen atoms in total. The van der Waals surface area contributed by atoms with Gasteiger partial charge in [0, 0.05) is 40.9 Å². The van der Waals surface area contributed by atoms with Crippen LogP contribution in [0.25, 0.3) is 28.0 Å². The molecule has 0 saturated carbocycles. The van der Waals surface area contributed by atoms with Crippen LogP contribution in [0.1, 0.15) is 37.3 Å². The highest BCUT2D eigenvalue weighted by Crippen LogP contribution is 2.42. The van der Waals surface area contributed by atoms with Crippen molar-refractivity contribution in [2.24, 2.45) is 0 Å². The molecule has 2 unspecified atom stereocenters. The number of pyridine rings is 1. The van der Waals surface area contributed by atoms with E-state index < -0.39 is 0 Å². The van der Waals surface area contributed by atoms with Gasteiger partial charge in [-0.1, -0.05) is 36.4 Å². The lowest BCUT2D eigenvalue weighted by molar-refractivity contribution is 0.356. The van der Waals surface area contributed by atoms with Crippen molar-refractivity contribution in [2.45, 2.75) is 48.6 Å². The Hall–Kier alpha value is -2.90. The molecule has 2 fully saturated rings. The van der Waals surface area contributed by atoms with Crippen molar-refractivity contribution >= 4 is 23.2 Å². The number of aromatic nitrogens is 4. The van der Waals surface area contributed by atoms with Crippen LogP contribution in [0.15, 0.2) is 59.8 Å². The summed E-state index contributed by atoms with van der Waals surface area (Å²) in [4.78, 5) is 11.0. The van der Waals surface area contributed by atoms with Crippen molar-refractivity contribution in [3.63, 3.8) is 0 Å². The third kappa shape index (κ3) is 3.27. The normalized spacial score (nSPS) is 22.5. The Morgan fingerprint density at radius 2 is 1.78 bits per heavy atom. The van der Waals surface area contributed by atoms with Gasteiger partial charge >= 0.3 is 0 Å². The summed E-state index contributed by atoms with van der Waals surface area (Å²) in [6.45, 7) is 0. The number of piperidine rings is 1. The van der Waals surface area contributed by atoms with Gasteiger partial charge < -0.3 is 11.1 Å². The first-order chi connectivity index (χ1) is 15.7. The third-order valence-corrected chi connectivity index (χ3v) is 7.70. The predicted molar refractivity (Wildman–Crippen MR) is 130 cm³/mol. The molecule has 3 aromatic heterocycles. The third-order valence-electron chi connectivity index (χ3n) is 6.87. The van der Waals surface area contributed by atoms with E-state index in [1.54, 1.807) is 16.3 Å². The van der Waals surface area contributed by atoms with Crippen molar-refractivity contribution in [1.82, 2.24) is 24.9 Å². The standard InChI is InChI=1S/C25H26N6S/c1-32-23-22(17-11-18-8-9-19(12-17)29-18)30-25-20(14-28-31(25)24(23)26)16-7-10-21(27-13-16)15-5-3-2-4-6-15/h2-7,10,13-14,17-19,29H,8-9,11-12,26H2,1H3. The van der Waals surface area contributed by atoms with Crippen molar-refractivity contribution in [2.75, 3.05) is 12.0 Å². The average molecular weight is 443 g/mol. The maximum atomic E-state index is 6.62. The average Bonchev–Trinajstić information content (AvgIpc) is 3.42. The fraction of sp³-hybridized carbons (Fsp3) is 0.320. The van der Waals surface area contributed by atoms with E-state index in [4.69, 9.17) is 15.7 Å². The largest absolute Gasteiger partial charge is 0.383 e. The number of benzene rings is 1. The molecule has 3 N–H and O–H groups in total. The van der Waals surface area contributed by atoms with Crippen molar-refractivity contribution in [1.29, 1.82) is 0 Å². The molecule has 2 aliphatic rings. The summed E-state index contributed by atoms with van der Waals surface area (Å²) in [7, 11) is 0. The van der Waals surface area contributed by atoms with Crippen molar-refractivity contribution in [3.8, 4) is 22.4 Å². The first kappa shape index (κ1) is 19.8. The zero-order valence-corrected chi connectivity index (χ0v) is 18.8. The van der Waals surface area contributed by atoms with Crippen LogP contribution < -0.4 is 11.1 Å². The van der Waals surface area contributed by atoms with Gasteiger partial charge in [0.1, 0.15) is 5.82 Å². The Kier molecular flexibility index (Phi) is 4.88. The van der Waals surface area contributed by atoms with E-state index in [9.17, 15) is 0 Å². The summed E-state index contributed by atoms with van der Waals surface area (Å²) in [5.74, 6) is 1.12. The van der Waals surface area contributed by atoms with Crippen LogP contribution in [0.5, 0.6) is 0 Å². The molecule has 2 saturated heterocycles. The van der Waals surface area contributed by atoms with E-state index in [2.05, 4.69) is 40.9 Å². The number of hydrogen-bond donors (Lipinski definition) is 2. The summed E-state index contributed by atoms with van der Waals surface area (Å²) in [5, 5.41) is 8.33. The van der Waals surface area contributed by atoms with Gasteiger partial charge in [0.15, 0.2) is 5.65 Å². The number of nitrogens with one attached hydrogen (secondary N) is 1. The molecule has 4 aromatic rings. The number of anilines is 1. The number of rotatable bonds is 4. The summed E-state index contributed by atoms with van der Waals surface area (Å²) >= 11 is 1.68. The van der Waals surface area contributed by atoms with Crippen LogP contribution in [0.4, 0.5) is 5.82 Å². The predicted octanol–water partition coefficient (Wildman–Crippen LogP) is 4.76. The minimum atomic E-state index is 0.435. The van der Waals surface area contributed by atoms with Gasteiger partial charge in [-0.15, -0.1) is 11.8 Å². The van der Waals surface area contributed by atoms with Crippen LogP contribution in [0.3, 0.4) is 0 Å². The molecule has 0 aliphatic carbocycles. The van der Waals surface area contributed by atoms with E-state index in [1.165, 1.54) is 12.8 Å². The quantitative estimate of drug-likeness (QED) is 0.444. The molecule has 0 spiro atoms. The zero-order valence-electron chi connectivity index (χ0n) is 18.0. The Morgan fingerprint density at radius 3 is 2.47 bits per heavy atom. The molecule has 32 heavy (non-hydrogen) atoms. The molecule has 2 aliphatic heterocycles. The summed E-state index contributed by atoms with van der Waals surface area (Å²) in [5.41, 5.74) is 12.6. The van der Waals surface area contributed by atoms with Gasteiger partial charge in [-0.2, -0.15) is 9.61 Å². The highest BCUT2D eigenvalue weighted by atomic mass is 32.2. The Morgan fingerprint density at radius 1 is 1.00 bits per heavy atom. The lowest BCUT2D eigenvalue weighted by Gasteiger charge is -2.30. The lowest BCUT2D eigenvalue weighted by atomic mass is 9.89. The molecule has 2 bridgehead atoms. The molecule has 1 aromatic carbocycles. The number of nitrogens with zero attached hydrogens (tertiary/aromatic N) is 4. The van der Waals surface area contributed by atoms with Crippen LogP contribution >= 0.6 is 11.8 Å². The Labute approximate surface area is 191 Å². The van der Waals surface area contributed by atoms with Gasteiger partial charge in [-0.3, -0.25) is 4.98 Å². The van der Waals surface area contributed by atoms with Crippen LogP contribution in [0.2, 0.25) is 0 Å².